The fourth-order valence-corrected chi connectivity index (χ4v) is 2.35. The summed E-state index contributed by atoms with van der Waals surface area (Å²) in [5.74, 6) is 0. The first kappa shape index (κ1) is 12.4. The molecule has 3 heterocycles. The van der Waals surface area contributed by atoms with E-state index in [1.54, 1.807) is 6.92 Å². The first-order valence-electron chi connectivity index (χ1n) is 5.75. The molecule has 0 amide bonds. The van der Waals surface area contributed by atoms with Crippen molar-refractivity contribution in [1.82, 2.24) is 25.4 Å². The van der Waals surface area contributed by atoms with Gasteiger partial charge in [-0.25, -0.2) is 4.98 Å². The van der Waals surface area contributed by atoms with Gasteiger partial charge in [-0.3, -0.25) is 0 Å². The highest BCUT2D eigenvalue weighted by molar-refractivity contribution is 5.72. The second kappa shape index (κ2) is 4.17. The maximum absolute atomic E-state index is 10.2. The Kier molecular flexibility index (Phi) is 2.71. The molecule has 4 atom stereocenters. The lowest BCUT2D eigenvalue weighted by Gasteiger charge is -2.26. The van der Waals surface area contributed by atoms with Crippen LogP contribution in [0.2, 0.25) is 0 Å². The Hall–Kier alpha value is -1.68. The van der Waals surface area contributed by atoms with Gasteiger partial charge in [0.1, 0.15) is 35.1 Å². The van der Waals surface area contributed by atoms with Crippen molar-refractivity contribution in [3.63, 3.8) is 0 Å². The number of ether oxygens (including phenoxy) is 1. The van der Waals surface area contributed by atoms with Crippen LogP contribution in [-0.2, 0) is 10.3 Å². The van der Waals surface area contributed by atoms with E-state index >= 15 is 0 Å². The quantitative estimate of drug-likeness (QED) is 0.494. The molecule has 1 saturated heterocycles. The monoisotopic (exact) mass is 267 g/mol. The van der Waals surface area contributed by atoms with Crippen molar-refractivity contribution in [1.29, 1.82) is 0 Å². The van der Waals surface area contributed by atoms with E-state index in [2.05, 4.69) is 25.4 Å². The van der Waals surface area contributed by atoms with Crippen LogP contribution in [0.4, 0.5) is 0 Å². The molecule has 0 aliphatic carbocycles. The van der Waals surface area contributed by atoms with Crippen LogP contribution in [0.1, 0.15) is 12.6 Å². The summed E-state index contributed by atoms with van der Waals surface area (Å²) in [4.78, 5) is 6.84. The lowest BCUT2D eigenvalue weighted by Crippen LogP contribution is -2.39. The van der Waals surface area contributed by atoms with Crippen LogP contribution < -0.4 is 0 Å². The molecule has 1 fully saturated rings. The van der Waals surface area contributed by atoms with Crippen LogP contribution in [0, 0.1) is 0 Å². The Labute approximate surface area is 107 Å². The van der Waals surface area contributed by atoms with Gasteiger partial charge < -0.3 is 25.0 Å². The van der Waals surface area contributed by atoms with E-state index in [1.807, 2.05) is 0 Å². The van der Waals surface area contributed by atoms with Crippen LogP contribution in [0.25, 0.3) is 11.2 Å². The van der Waals surface area contributed by atoms with Crippen LogP contribution in [0.15, 0.2) is 6.33 Å². The molecule has 9 nitrogen and oxygen atoms in total. The molecular weight excluding hydrogens is 254 g/mol. The van der Waals surface area contributed by atoms with Gasteiger partial charge in [0, 0.05) is 0 Å². The van der Waals surface area contributed by atoms with Crippen LogP contribution in [-0.4, -0.2) is 65.6 Å². The van der Waals surface area contributed by atoms with E-state index in [0.29, 0.717) is 11.2 Å². The molecule has 0 spiro atoms. The second-order valence-corrected chi connectivity index (χ2v) is 4.62. The molecule has 1 unspecified atom stereocenters. The zero-order valence-electron chi connectivity index (χ0n) is 10.1. The summed E-state index contributed by atoms with van der Waals surface area (Å²) in [6, 6.07) is 0. The Morgan fingerprint density at radius 3 is 2.89 bits per heavy atom. The van der Waals surface area contributed by atoms with E-state index in [0.717, 1.165) is 0 Å². The van der Waals surface area contributed by atoms with E-state index in [1.165, 1.54) is 6.33 Å². The minimum absolute atomic E-state index is 0.265. The molecule has 0 bridgehead atoms. The zero-order chi connectivity index (χ0) is 13.6. The number of nitrogens with zero attached hydrogens (tertiary/aromatic N) is 4. The second-order valence-electron chi connectivity index (χ2n) is 4.62. The minimum atomic E-state index is -1.31. The topological polar surface area (TPSA) is 137 Å². The van der Waals surface area contributed by atoms with Crippen molar-refractivity contribution in [3.05, 3.63) is 12.0 Å². The first-order chi connectivity index (χ1) is 9.08. The maximum atomic E-state index is 10.2. The minimum Gasteiger partial charge on any atom is -0.394 e. The molecule has 102 valence electrons. The van der Waals surface area contributed by atoms with Crippen molar-refractivity contribution >= 4 is 11.2 Å². The van der Waals surface area contributed by atoms with Crippen LogP contribution in [0.3, 0.4) is 0 Å². The third-order valence-electron chi connectivity index (χ3n) is 3.45. The summed E-state index contributed by atoms with van der Waals surface area (Å²) in [5.41, 5.74) is -0.233. The van der Waals surface area contributed by atoms with Crippen molar-refractivity contribution in [2.24, 2.45) is 0 Å². The number of aromatic amines is 1. The third-order valence-corrected chi connectivity index (χ3v) is 3.45. The number of rotatable bonds is 2. The normalized spacial score (nSPS) is 35.1. The average Bonchev–Trinajstić information content (AvgIpc) is 2.98. The molecule has 9 heteroatoms. The summed E-state index contributed by atoms with van der Waals surface area (Å²) in [5, 5.41) is 40.3. The largest absolute Gasteiger partial charge is 0.394 e. The lowest BCUT2D eigenvalue weighted by molar-refractivity contribution is -0.0878. The molecule has 0 saturated carbocycles. The molecule has 2 aromatic heterocycles. The number of aliphatic hydroxyl groups excluding tert-OH is 3. The Morgan fingerprint density at radius 2 is 2.21 bits per heavy atom. The van der Waals surface area contributed by atoms with E-state index in [4.69, 9.17) is 9.84 Å². The van der Waals surface area contributed by atoms with Gasteiger partial charge in [-0.1, -0.05) is 0 Å². The average molecular weight is 267 g/mol. The van der Waals surface area contributed by atoms with Gasteiger partial charge in [-0.15, -0.1) is 10.2 Å². The van der Waals surface area contributed by atoms with Crippen molar-refractivity contribution in [2.45, 2.75) is 30.8 Å². The number of imidazole rings is 1. The number of H-pyrrole nitrogens is 1. The van der Waals surface area contributed by atoms with Gasteiger partial charge in [0.15, 0.2) is 5.65 Å². The number of aliphatic hydroxyl groups is 3. The lowest BCUT2D eigenvalue weighted by atomic mass is 9.92. The van der Waals surface area contributed by atoms with Gasteiger partial charge in [0.25, 0.3) is 0 Å². The maximum Gasteiger partial charge on any atom is 0.183 e. The molecule has 0 radical (unpaired) electrons. The number of aromatic nitrogens is 5. The van der Waals surface area contributed by atoms with Gasteiger partial charge in [0.2, 0.25) is 0 Å². The third kappa shape index (κ3) is 1.63. The number of hydrogen-bond acceptors (Lipinski definition) is 8. The molecule has 19 heavy (non-hydrogen) atoms. The molecule has 3 rings (SSSR count). The van der Waals surface area contributed by atoms with Crippen molar-refractivity contribution < 1.29 is 20.1 Å². The predicted octanol–water partition coefficient (Wildman–Crippen LogP) is -1.92. The molecular formula is C10H13N5O4. The standard InChI is InChI=1S/C10H13N5O4/c1-10(8(18)6(17)4(2-16)19-10)7-5-9(12-3-11-5)14-15-13-7/h3-4,6,8,16-18H,2H2,1H3,(H,11,12,13,14)/t4-,6-,8-,10?/m1/s1. The summed E-state index contributed by atoms with van der Waals surface area (Å²) in [6.07, 6.45) is -1.92. The molecule has 4 N–H and O–H groups in total. The molecule has 1 aliphatic heterocycles. The summed E-state index contributed by atoms with van der Waals surface area (Å²) < 4.78 is 5.55. The predicted molar refractivity (Wildman–Crippen MR) is 60.8 cm³/mol. The van der Waals surface area contributed by atoms with E-state index in [9.17, 15) is 10.2 Å². The van der Waals surface area contributed by atoms with E-state index in [-0.39, 0.29) is 5.69 Å². The Balaban J connectivity index is 2.12. The smallest absolute Gasteiger partial charge is 0.183 e. The molecule has 1 aliphatic rings. The first-order valence-corrected chi connectivity index (χ1v) is 5.75. The van der Waals surface area contributed by atoms with Crippen molar-refractivity contribution in [3.8, 4) is 0 Å². The van der Waals surface area contributed by atoms with Gasteiger partial charge >= 0.3 is 0 Å². The van der Waals surface area contributed by atoms with Crippen LogP contribution >= 0.6 is 0 Å². The molecule has 2 aromatic rings. The van der Waals surface area contributed by atoms with Crippen LogP contribution in [0.5, 0.6) is 0 Å². The van der Waals surface area contributed by atoms with Crippen molar-refractivity contribution in [2.75, 3.05) is 6.61 Å². The SMILES string of the molecule is CC1(c2nnnc3[nH]cnc23)O[C@H](CO)[C@@H](O)[C@H]1O. The van der Waals surface area contributed by atoms with E-state index < -0.39 is 30.5 Å². The number of hydrogen-bond donors (Lipinski definition) is 4. The fraction of sp³-hybridized carbons (Fsp3) is 0.600. The van der Waals surface area contributed by atoms with Gasteiger partial charge in [-0.05, 0) is 12.1 Å². The summed E-state index contributed by atoms with van der Waals surface area (Å²) in [7, 11) is 0. The van der Waals surface area contributed by atoms with Gasteiger partial charge in [-0.2, -0.15) is 0 Å². The number of nitrogens with one attached hydrogen (secondary N) is 1. The highest BCUT2D eigenvalue weighted by atomic mass is 16.6. The zero-order valence-corrected chi connectivity index (χ0v) is 10.1. The number of fused-ring (bicyclic) bond motifs is 1. The summed E-state index contributed by atoms with van der Waals surface area (Å²) >= 11 is 0. The highest BCUT2D eigenvalue weighted by Crippen LogP contribution is 2.39. The summed E-state index contributed by atoms with van der Waals surface area (Å²) in [6.45, 7) is 1.16. The Morgan fingerprint density at radius 1 is 1.42 bits per heavy atom. The molecule has 0 aromatic carbocycles. The fourth-order valence-electron chi connectivity index (χ4n) is 2.35. The van der Waals surface area contributed by atoms with Gasteiger partial charge in [0.05, 0.1) is 12.9 Å². The Bertz CT molecular complexity index is 604. The highest BCUT2D eigenvalue weighted by Gasteiger charge is 2.54.